The van der Waals surface area contributed by atoms with Crippen molar-refractivity contribution in [2.75, 3.05) is 6.26 Å². The van der Waals surface area contributed by atoms with E-state index in [9.17, 15) is 18.4 Å². The number of nitrogens with zero attached hydrogens (tertiary/aromatic N) is 3. The quantitative estimate of drug-likeness (QED) is 0.365. The molecule has 4 aromatic rings. The number of aromatic nitrogens is 2. The highest BCUT2D eigenvalue weighted by molar-refractivity contribution is 7.91. The van der Waals surface area contributed by atoms with Gasteiger partial charge in [-0.05, 0) is 80.8 Å². The molecular formula is C28H30N4O4S. The van der Waals surface area contributed by atoms with E-state index in [1.807, 2.05) is 62.4 Å². The van der Waals surface area contributed by atoms with Crippen molar-refractivity contribution in [1.29, 1.82) is 0 Å². The molecule has 0 aliphatic heterocycles. The number of nitrogens with one attached hydrogen (secondary N) is 1. The third-order valence-electron chi connectivity index (χ3n) is 6.37. The lowest BCUT2D eigenvalue weighted by Gasteiger charge is -2.24. The fourth-order valence-corrected chi connectivity index (χ4v) is 4.51. The van der Waals surface area contributed by atoms with Gasteiger partial charge in [-0.3, -0.25) is 4.98 Å². The molecule has 2 aromatic heterocycles. The molecule has 0 unspecified atom stereocenters. The van der Waals surface area contributed by atoms with Crippen LogP contribution >= 0.6 is 0 Å². The fourth-order valence-electron chi connectivity index (χ4n) is 3.96. The van der Waals surface area contributed by atoms with E-state index >= 15 is 0 Å². The van der Waals surface area contributed by atoms with E-state index in [4.69, 9.17) is 0 Å². The average Bonchev–Trinajstić information content (AvgIpc) is 2.83. The molecule has 0 saturated heterocycles. The Balaban J connectivity index is 1.82. The molecule has 2 aromatic carbocycles. The van der Waals surface area contributed by atoms with Crippen molar-refractivity contribution < 1.29 is 18.4 Å². The Labute approximate surface area is 216 Å². The van der Waals surface area contributed by atoms with Crippen LogP contribution in [0.3, 0.4) is 0 Å². The van der Waals surface area contributed by atoms with Crippen LogP contribution in [0.5, 0.6) is 0 Å². The van der Waals surface area contributed by atoms with Gasteiger partial charge in [-0.1, -0.05) is 24.3 Å². The van der Waals surface area contributed by atoms with E-state index in [-0.39, 0.29) is 11.5 Å². The maximum atomic E-state index is 12.6. The molecule has 9 heteroatoms. The average molecular weight is 519 g/mol. The van der Waals surface area contributed by atoms with Crippen molar-refractivity contribution in [3.63, 3.8) is 0 Å². The first kappa shape index (κ1) is 26.1. The zero-order valence-corrected chi connectivity index (χ0v) is 22.2. The zero-order chi connectivity index (χ0) is 27.0. The van der Waals surface area contributed by atoms with Gasteiger partial charge in [0.25, 0.3) is 0 Å². The highest BCUT2D eigenvalue weighted by Gasteiger charge is 2.33. The molecule has 0 aliphatic rings. The van der Waals surface area contributed by atoms with Gasteiger partial charge in [0.05, 0.1) is 16.5 Å². The van der Waals surface area contributed by atoms with Crippen molar-refractivity contribution in [2.24, 2.45) is 4.99 Å². The van der Waals surface area contributed by atoms with Crippen LogP contribution in [0.4, 0.5) is 4.79 Å². The van der Waals surface area contributed by atoms with Crippen molar-refractivity contribution in [1.82, 2.24) is 15.0 Å². The number of urea groups is 1. The van der Waals surface area contributed by atoms with Crippen LogP contribution in [0.25, 0.3) is 33.2 Å². The summed E-state index contributed by atoms with van der Waals surface area (Å²) in [7, 11) is -3.39. The highest BCUT2D eigenvalue weighted by Crippen LogP contribution is 2.37. The van der Waals surface area contributed by atoms with Crippen LogP contribution in [0.2, 0.25) is 0 Å². The minimum atomic E-state index is -3.39. The molecule has 37 heavy (non-hydrogen) atoms. The summed E-state index contributed by atoms with van der Waals surface area (Å²) in [4.78, 5) is 20.4. The van der Waals surface area contributed by atoms with Crippen molar-refractivity contribution in [3.05, 3.63) is 84.1 Å². The van der Waals surface area contributed by atoms with Crippen molar-refractivity contribution in [3.8, 4) is 22.3 Å². The number of pyridine rings is 2. The van der Waals surface area contributed by atoms with Gasteiger partial charge in [0.15, 0.2) is 15.3 Å². The van der Waals surface area contributed by atoms with Gasteiger partial charge in [-0.2, -0.15) is 9.72 Å². The second kappa shape index (κ2) is 9.82. The summed E-state index contributed by atoms with van der Waals surface area (Å²) in [5.41, 5.74) is 4.71. The second-order valence-corrected chi connectivity index (χ2v) is 12.4. The number of fused-ring (bicyclic) bond motifs is 1. The summed E-state index contributed by atoms with van der Waals surface area (Å²) < 4.78 is 24.9. The Bertz CT molecular complexity index is 1670. The van der Waals surface area contributed by atoms with Gasteiger partial charge in [0.2, 0.25) is 0 Å². The summed E-state index contributed by atoms with van der Waals surface area (Å²) >= 11 is 0. The first-order valence-electron chi connectivity index (χ1n) is 11.8. The third-order valence-corrected chi connectivity index (χ3v) is 8.46. The number of carbonyl (C=O) groups excluding carboxylic acids is 1. The van der Waals surface area contributed by atoms with Gasteiger partial charge in [0.1, 0.15) is 0 Å². The van der Waals surface area contributed by atoms with Crippen molar-refractivity contribution in [2.45, 2.75) is 38.5 Å². The number of sulfone groups is 1. The van der Waals surface area contributed by atoms with Crippen LogP contribution in [-0.2, 0) is 14.6 Å². The number of hydrogen-bond donors (Lipinski definition) is 2. The molecule has 0 atom stereocenters. The summed E-state index contributed by atoms with van der Waals surface area (Å²) in [5.74, 6) is 0. The van der Waals surface area contributed by atoms with Crippen LogP contribution in [0.1, 0.15) is 33.3 Å². The van der Waals surface area contributed by atoms with E-state index in [2.05, 4.69) is 15.3 Å². The predicted octanol–water partition coefficient (Wildman–Crippen LogP) is 4.91. The summed E-state index contributed by atoms with van der Waals surface area (Å²) in [5, 5.41) is 13.9. The summed E-state index contributed by atoms with van der Waals surface area (Å²) in [6.45, 7) is 7.06. The SMILES string of the molecule is CC(C)NC(=O)/N=c1\ccc(-c2cccc(-c3cc(C(C)(C)S(C)(=O)=O)cc4cccnc34)c2)cn1O. The zero-order valence-electron chi connectivity index (χ0n) is 21.4. The first-order chi connectivity index (χ1) is 17.4. The van der Waals surface area contributed by atoms with E-state index in [1.165, 1.54) is 12.5 Å². The molecule has 0 bridgehead atoms. The Morgan fingerprint density at radius 2 is 1.76 bits per heavy atom. The molecule has 2 amide bonds. The van der Waals surface area contributed by atoms with Crippen LogP contribution in [0, 0.1) is 0 Å². The monoisotopic (exact) mass is 518 g/mol. The third kappa shape index (κ3) is 5.41. The molecule has 0 fully saturated rings. The van der Waals surface area contributed by atoms with Crippen LogP contribution in [-0.4, -0.2) is 41.7 Å². The lowest BCUT2D eigenvalue weighted by atomic mass is 9.92. The topological polar surface area (TPSA) is 114 Å². The molecule has 192 valence electrons. The Morgan fingerprint density at radius 1 is 1.03 bits per heavy atom. The second-order valence-electron chi connectivity index (χ2n) is 9.80. The number of hydrogen-bond acceptors (Lipinski definition) is 5. The predicted molar refractivity (Wildman–Crippen MR) is 145 cm³/mol. The molecule has 8 nitrogen and oxygen atoms in total. The molecule has 2 heterocycles. The molecule has 0 saturated carbocycles. The van der Waals surface area contributed by atoms with Crippen LogP contribution in [0.15, 0.2) is 78.0 Å². The lowest BCUT2D eigenvalue weighted by Crippen LogP contribution is -2.30. The number of amides is 2. The van der Waals surface area contributed by atoms with E-state index in [1.54, 1.807) is 32.2 Å². The largest absolute Gasteiger partial charge is 0.427 e. The lowest BCUT2D eigenvalue weighted by molar-refractivity contribution is 0.171. The van der Waals surface area contributed by atoms with Crippen LogP contribution < -0.4 is 10.8 Å². The fraction of sp³-hybridized carbons (Fsp3) is 0.250. The maximum absolute atomic E-state index is 12.6. The van der Waals surface area contributed by atoms with Gasteiger partial charge < -0.3 is 10.5 Å². The molecule has 0 spiro atoms. The van der Waals surface area contributed by atoms with Crippen molar-refractivity contribution >= 4 is 26.8 Å². The molecule has 2 N–H and O–H groups in total. The first-order valence-corrected chi connectivity index (χ1v) is 13.7. The van der Waals surface area contributed by atoms with Gasteiger partial charge in [-0.15, -0.1) is 0 Å². The Kier molecular flexibility index (Phi) is 6.92. The normalized spacial score (nSPS) is 12.8. The minimum Gasteiger partial charge on any atom is -0.427 e. The number of carbonyl (C=O) groups is 1. The van der Waals surface area contributed by atoms with E-state index in [0.717, 1.165) is 32.3 Å². The van der Waals surface area contributed by atoms with Gasteiger partial charge in [-0.25, -0.2) is 13.2 Å². The van der Waals surface area contributed by atoms with Gasteiger partial charge in [0, 0.05) is 35.0 Å². The Hall–Kier alpha value is -3.98. The summed E-state index contributed by atoms with van der Waals surface area (Å²) in [6, 6.07) is 17.9. The highest BCUT2D eigenvalue weighted by atomic mass is 32.2. The Morgan fingerprint density at radius 3 is 2.43 bits per heavy atom. The summed E-state index contributed by atoms with van der Waals surface area (Å²) in [6.07, 6.45) is 4.44. The molecule has 0 radical (unpaired) electrons. The standard InChI is InChI=1S/C28H30N4O4S/c1-18(2)30-27(33)31-25-12-11-22(17-32(25)34)19-8-6-9-20(14-19)24-16-23(28(3,4)37(5,35)36)15-21-10-7-13-29-26(21)24/h6-18,34H,1-5H3,(H,30,33)/b31-25+. The number of rotatable bonds is 5. The minimum absolute atomic E-state index is 0.0718. The smallest absolute Gasteiger partial charge is 0.343 e. The molecule has 4 rings (SSSR count). The number of benzene rings is 2. The van der Waals surface area contributed by atoms with E-state index < -0.39 is 20.6 Å². The maximum Gasteiger partial charge on any atom is 0.343 e. The molecular weight excluding hydrogens is 488 g/mol. The van der Waals surface area contributed by atoms with Gasteiger partial charge >= 0.3 is 6.03 Å². The molecule has 0 aliphatic carbocycles. The van der Waals surface area contributed by atoms with E-state index in [0.29, 0.717) is 11.1 Å².